The zero-order chi connectivity index (χ0) is 12.8. The van der Waals surface area contributed by atoms with E-state index < -0.39 is 5.54 Å². The predicted octanol–water partition coefficient (Wildman–Crippen LogP) is 2.40. The van der Waals surface area contributed by atoms with E-state index in [1.54, 1.807) is 0 Å². The molecule has 0 aliphatic heterocycles. The lowest BCUT2D eigenvalue weighted by atomic mass is 9.96. The second-order valence-corrected chi connectivity index (χ2v) is 6.07. The molecular formula is C14H18Cl2N2O. The van der Waals surface area contributed by atoms with Gasteiger partial charge in [0.05, 0.1) is 5.54 Å². The molecule has 1 amide bonds. The number of amides is 1. The fraction of sp³-hybridized carbons (Fsp3) is 0.500. The largest absolute Gasteiger partial charge is 0.354 e. The average molecular weight is 301 g/mol. The minimum Gasteiger partial charge on any atom is -0.354 e. The Balaban J connectivity index is 0.00000133. The molecule has 3 N–H and O–H groups in total. The summed E-state index contributed by atoms with van der Waals surface area (Å²) < 4.78 is 0. The van der Waals surface area contributed by atoms with Crippen LogP contribution in [0.3, 0.4) is 0 Å². The summed E-state index contributed by atoms with van der Waals surface area (Å²) in [7, 11) is 0. The van der Waals surface area contributed by atoms with Crippen molar-refractivity contribution >= 4 is 29.9 Å². The number of nitrogens with one attached hydrogen (secondary N) is 1. The maximum Gasteiger partial charge on any atom is 0.240 e. The second kappa shape index (κ2) is 4.97. The van der Waals surface area contributed by atoms with Crippen LogP contribution in [0.5, 0.6) is 0 Å². The van der Waals surface area contributed by atoms with Crippen molar-refractivity contribution in [2.75, 3.05) is 6.54 Å². The van der Waals surface area contributed by atoms with Gasteiger partial charge in [0.25, 0.3) is 0 Å². The van der Waals surface area contributed by atoms with E-state index in [4.69, 9.17) is 17.3 Å². The van der Waals surface area contributed by atoms with E-state index in [9.17, 15) is 4.79 Å². The first-order valence-electron chi connectivity index (χ1n) is 6.37. The van der Waals surface area contributed by atoms with Crippen molar-refractivity contribution in [3.05, 3.63) is 34.9 Å². The summed E-state index contributed by atoms with van der Waals surface area (Å²) in [4.78, 5) is 11.8. The van der Waals surface area contributed by atoms with Crippen LogP contribution in [0.2, 0.25) is 5.02 Å². The van der Waals surface area contributed by atoms with Crippen molar-refractivity contribution in [1.29, 1.82) is 0 Å². The van der Waals surface area contributed by atoms with Gasteiger partial charge in [0.1, 0.15) is 0 Å². The van der Waals surface area contributed by atoms with Crippen LogP contribution in [0.25, 0.3) is 0 Å². The number of benzene rings is 1. The normalized spacial score (nSPS) is 21.2. The zero-order valence-electron chi connectivity index (χ0n) is 10.6. The van der Waals surface area contributed by atoms with Gasteiger partial charge >= 0.3 is 0 Å². The Morgan fingerprint density at radius 3 is 2.53 bits per heavy atom. The van der Waals surface area contributed by atoms with Crippen LogP contribution in [0, 0.1) is 0 Å². The minimum absolute atomic E-state index is 0. The molecule has 0 radical (unpaired) electrons. The van der Waals surface area contributed by atoms with Crippen LogP contribution in [-0.2, 0) is 10.2 Å². The van der Waals surface area contributed by atoms with Gasteiger partial charge in [-0.25, -0.2) is 0 Å². The molecule has 0 atom stereocenters. The predicted molar refractivity (Wildman–Crippen MR) is 78.8 cm³/mol. The van der Waals surface area contributed by atoms with Gasteiger partial charge < -0.3 is 11.1 Å². The number of nitrogens with two attached hydrogens (primary N) is 1. The van der Waals surface area contributed by atoms with E-state index in [-0.39, 0.29) is 23.7 Å². The smallest absolute Gasteiger partial charge is 0.240 e. The fourth-order valence-electron chi connectivity index (χ4n) is 2.32. The van der Waals surface area contributed by atoms with Crippen molar-refractivity contribution in [1.82, 2.24) is 5.32 Å². The fourth-order valence-corrected chi connectivity index (χ4v) is 2.51. The SMILES string of the molecule is Cl.NC1(C(=O)NCC2(c3cccc(Cl)c3)CC2)CC1. The molecule has 0 bridgehead atoms. The zero-order valence-corrected chi connectivity index (χ0v) is 12.2. The van der Waals surface area contributed by atoms with Gasteiger partial charge in [-0.1, -0.05) is 23.7 Å². The lowest BCUT2D eigenvalue weighted by molar-refractivity contribution is -0.123. The van der Waals surface area contributed by atoms with Crippen molar-refractivity contribution in [3.8, 4) is 0 Å². The summed E-state index contributed by atoms with van der Waals surface area (Å²) >= 11 is 6.02. The first kappa shape index (κ1) is 14.6. The first-order valence-corrected chi connectivity index (χ1v) is 6.75. The Kier molecular flexibility index (Phi) is 3.83. The summed E-state index contributed by atoms with van der Waals surface area (Å²) in [5, 5.41) is 3.75. The van der Waals surface area contributed by atoms with E-state index in [0.29, 0.717) is 6.54 Å². The van der Waals surface area contributed by atoms with Crippen LogP contribution in [0.4, 0.5) is 0 Å². The molecule has 5 heteroatoms. The van der Waals surface area contributed by atoms with Crippen molar-refractivity contribution in [2.24, 2.45) is 5.73 Å². The van der Waals surface area contributed by atoms with Gasteiger partial charge in [-0.15, -0.1) is 12.4 Å². The Labute approximate surface area is 124 Å². The molecule has 1 aromatic carbocycles. The number of rotatable bonds is 4. The highest BCUT2D eigenvalue weighted by molar-refractivity contribution is 6.30. The molecule has 0 saturated heterocycles. The molecule has 104 valence electrons. The number of carbonyl (C=O) groups is 1. The Morgan fingerprint density at radius 1 is 1.32 bits per heavy atom. The van der Waals surface area contributed by atoms with Gasteiger partial charge in [0, 0.05) is 17.0 Å². The van der Waals surface area contributed by atoms with Gasteiger partial charge in [-0.3, -0.25) is 4.79 Å². The monoisotopic (exact) mass is 300 g/mol. The molecule has 0 spiro atoms. The third-order valence-corrected chi connectivity index (χ3v) is 4.35. The Bertz CT molecular complexity index is 496. The van der Waals surface area contributed by atoms with Crippen LogP contribution < -0.4 is 11.1 Å². The molecule has 3 nitrogen and oxygen atoms in total. The molecule has 2 aliphatic rings. The number of hydrogen-bond acceptors (Lipinski definition) is 2. The lowest BCUT2D eigenvalue weighted by Crippen LogP contribution is -2.45. The second-order valence-electron chi connectivity index (χ2n) is 5.63. The van der Waals surface area contributed by atoms with E-state index in [0.717, 1.165) is 30.7 Å². The van der Waals surface area contributed by atoms with Crippen molar-refractivity contribution in [2.45, 2.75) is 36.6 Å². The molecule has 19 heavy (non-hydrogen) atoms. The van der Waals surface area contributed by atoms with E-state index in [1.165, 1.54) is 5.56 Å². The highest BCUT2D eigenvalue weighted by Gasteiger charge is 2.49. The van der Waals surface area contributed by atoms with Crippen molar-refractivity contribution < 1.29 is 4.79 Å². The number of halogens is 2. The highest BCUT2D eigenvalue weighted by Crippen LogP contribution is 2.48. The van der Waals surface area contributed by atoms with Crippen LogP contribution >= 0.6 is 24.0 Å². The van der Waals surface area contributed by atoms with E-state index >= 15 is 0 Å². The Morgan fingerprint density at radius 2 is 2.00 bits per heavy atom. The maximum atomic E-state index is 11.8. The Hall–Kier alpha value is -0.770. The number of carbonyl (C=O) groups excluding carboxylic acids is 1. The van der Waals surface area contributed by atoms with Gasteiger partial charge in [0.2, 0.25) is 5.91 Å². The van der Waals surface area contributed by atoms with Gasteiger partial charge in [-0.2, -0.15) is 0 Å². The molecule has 1 aromatic rings. The third-order valence-electron chi connectivity index (χ3n) is 4.12. The van der Waals surface area contributed by atoms with Gasteiger partial charge in [0.15, 0.2) is 0 Å². The van der Waals surface area contributed by atoms with Crippen LogP contribution in [0.1, 0.15) is 31.2 Å². The van der Waals surface area contributed by atoms with E-state index in [2.05, 4.69) is 11.4 Å². The molecule has 0 heterocycles. The first-order chi connectivity index (χ1) is 8.54. The summed E-state index contributed by atoms with van der Waals surface area (Å²) in [6.45, 7) is 0.672. The molecule has 3 rings (SSSR count). The summed E-state index contributed by atoms with van der Waals surface area (Å²) in [6, 6.07) is 7.92. The van der Waals surface area contributed by atoms with Crippen molar-refractivity contribution in [3.63, 3.8) is 0 Å². The van der Waals surface area contributed by atoms with E-state index in [1.807, 2.05) is 18.2 Å². The van der Waals surface area contributed by atoms with Crippen LogP contribution in [-0.4, -0.2) is 18.0 Å². The van der Waals surface area contributed by atoms with Crippen LogP contribution in [0.15, 0.2) is 24.3 Å². The average Bonchev–Trinajstić information content (AvgIpc) is 3.24. The minimum atomic E-state index is -0.579. The summed E-state index contributed by atoms with van der Waals surface area (Å²) in [5.74, 6) is -0.00389. The lowest BCUT2D eigenvalue weighted by Gasteiger charge is -2.18. The maximum absolute atomic E-state index is 11.8. The molecule has 0 unspecified atom stereocenters. The standard InChI is InChI=1S/C14H17ClN2O.ClH/c15-11-3-1-2-10(8-11)13(4-5-13)9-17-12(18)14(16)6-7-14;/h1-3,8H,4-7,9,16H2,(H,17,18);1H. The van der Waals surface area contributed by atoms with Gasteiger partial charge in [-0.05, 0) is 43.4 Å². The highest BCUT2D eigenvalue weighted by atomic mass is 35.5. The topological polar surface area (TPSA) is 55.1 Å². The summed E-state index contributed by atoms with van der Waals surface area (Å²) in [5.41, 5.74) is 6.60. The third kappa shape index (κ3) is 2.88. The molecular weight excluding hydrogens is 283 g/mol. The molecule has 0 aromatic heterocycles. The number of hydrogen-bond donors (Lipinski definition) is 2. The summed E-state index contributed by atoms with van der Waals surface area (Å²) in [6.07, 6.45) is 3.82. The molecule has 2 saturated carbocycles. The molecule has 2 aliphatic carbocycles. The quantitative estimate of drug-likeness (QED) is 0.897. The molecule has 2 fully saturated rings.